The molecule has 0 aliphatic carbocycles. The van der Waals surface area contributed by atoms with E-state index in [2.05, 4.69) is 4.90 Å². The van der Waals surface area contributed by atoms with Crippen molar-refractivity contribution in [3.05, 3.63) is 78.1 Å². The zero-order valence-electron chi connectivity index (χ0n) is 18.8. The summed E-state index contributed by atoms with van der Waals surface area (Å²) in [7, 11) is -2.15. The molecule has 2 heterocycles. The number of amidine groups is 1. The Hall–Kier alpha value is -3.43. The number of benzene rings is 3. The van der Waals surface area contributed by atoms with E-state index in [1.54, 1.807) is 7.11 Å². The molecule has 9 heteroatoms. The van der Waals surface area contributed by atoms with Gasteiger partial charge in [0, 0.05) is 25.7 Å². The Morgan fingerprint density at radius 1 is 1.03 bits per heavy atom. The van der Waals surface area contributed by atoms with Gasteiger partial charge in [-0.3, -0.25) is 0 Å². The fourth-order valence-corrected chi connectivity index (χ4v) is 5.92. The minimum Gasteiger partial charge on any atom is -0.497 e. The molecule has 0 radical (unpaired) electrons. The maximum absolute atomic E-state index is 13.3. The molecular weight excluding hydrogens is 457 g/mol. The molecule has 1 saturated heterocycles. The molecule has 0 N–H and O–H groups in total. The number of piperazine rings is 1. The lowest BCUT2D eigenvalue weighted by molar-refractivity contribution is 0.205. The molecule has 5 rings (SSSR count). The number of fused-ring (bicyclic) bond motifs is 2. The lowest BCUT2D eigenvalue weighted by Crippen LogP contribution is -2.55. The molecule has 0 aromatic heterocycles. The normalized spacial score (nSPS) is 18.3. The Balaban J connectivity index is 1.49. The van der Waals surface area contributed by atoms with Gasteiger partial charge in [-0.25, -0.2) is 17.8 Å². The number of nitrogens with zero attached hydrogens (tertiary/aromatic N) is 3. The molecule has 3 aromatic rings. The standard InChI is InChI=1S/C25H24FN3O4S/c1-17-16-28(13-14-29(17)34(30,31)20-10-7-18(26)8-11-20)25-21-15-19(32-2)9-12-23(21)33-24-6-4-3-5-22(24)27-25/h3-12,15,17H,13-14,16H2,1-2H3/t17-/m1/s1. The smallest absolute Gasteiger partial charge is 0.243 e. The largest absolute Gasteiger partial charge is 0.497 e. The topological polar surface area (TPSA) is 71.4 Å². The van der Waals surface area contributed by atoms with Crippen LogP contribution in [-0.4, -0.2) is 56.2 Å². The van der Waals surface area contributed by atoms with Crippen LogP contribution in [0.15, 0.2) is 76.6 Å². The van der Waals surface area contributed by atoms with Crippen molar-refractivity contribution in [3.63, 3.8) is 0 Å². The van der Waals surface area contributed by atoms with Crippen molar-refractivity contribution >= 4 is 21.5 Å². The maximum atomic E-state index is 13.3. The van der Waals surface area contributed by atoms with Gasteiger partial charge in [0.25, 0.3) is 0 Å². The highest BCUT2D eigenvalue weighted by Crippen LogP contribution is 2.39. The third-order valence-electron chi connectivity index (χ3n) is 6.03. The van der Waals surface area contributed by atoms with Crippen LogP contribution in [-0.2, 0) is 10.0 Å². The maximum Gasteiger partial charge on any atom is 0.243 e. The van der Waals surface area contributed by atoms with Gasteiger partial charge in [-0.1, -0.05) is 12.1 Å². The fraction of sp³-hybridized carbons (Fsp3) is 0.240. The molecule has 3 aromatic carbocycles. The van der Waals surface area contributed by atoms with Gasteiger partial charge in [0.1, 0.15) is 28.8 Å². The van der Waals surface area contributed by atoms with E-state index >= 15 is 0 Å². The van der Waals surface area contributed by atoms with Crippen molar-refractivity contribution in [1.82, 2.24) is 9.21 Å². The first kappa shape index (κ1) is 22.4. The zero-order valence-corrected chi connectivity index (χ0v) is 19.6. The summed E-state index contributed by atoms with van der Waals surface area (Å²) >= 11 is 0. The molecule has 7 nitrogen and oxygen atoms in total. The zero-order chi connectivity index (χ0) is 23.9. The van der Waals surface area contributed by atoms with Gasteiger partial charge < -0.3 is 14.4 Å². The van der Waals surface area contributed by atoms with Gasteiger partial charge in [-0.2, -0.15) is 4.31 Å². The van der Waals surface area contributed by atoms with Crippen LogP contribution in [0, 0.1) is 5.82 Å². The Bertz CT molecular complexity index is 1360. The lowest BCUT2D eigenvalue weighted by Gasteiger charge is -2.40. The van der Waals surface area contributed by atoms with Crippen LogP contribution in [0.1, 0.15) is 12.5 Å². The Kier molecular flexibility index (Phi) is 5.75. The molecule has 1 fully saturated rings. The van der Waals surface area contributed by atoms with E-state index < -0.39 is 15.8 Å². The molecule has 0 amide bonds. The number of sulfonamides is 1. The Morgan fingerprint density at radius 2 is 1.79 bits per heavy atom. The van der Waals surface area contributed by atoms with Crippen LogP contribution in [0.25, 0.3) is 0 Å². The average Bonchev–Trinajstić information content (AvgIpc) is 3.00. The van der Waals surface area contributed by atoms with Crippen molar-refractivity contribution in [2.75, 3.05) is 26.7 Å². The Labute approximate surface area is 198 Å². The summed E-state index contributed by atoms with van der Waals surface area (Å²) in [4.78, 5) is 7.08. The van der Waals surface area contributed by atoms with Crippen molar-refractivity contribution in [3.8, 4) is 17.2 Å². The third-order valence-corrected chi connectivity index (χ3v) is 8.05. The van der Waals surface area contributed by atoms with Crippen LogP contribution in [0.2, 0.25) is 0 Å². The van der Waals surface area contributed by atoms with Crippen molar-refractivity contribution < 1.29 is 22.3 Å². The van der Waals surface area contributed by atoms with Gasteiger partial charge in [0.15, 0.2) is 5.75 Å². The van der Waals surface area contributed by atoms with E-state index in [1.165, 1.54) is 16.4 Å². The highest BCUT2D eigenvalue weighted by atomic mass is 32.2. The first-order valence-electron chi connectivity index (χ1n) is 10.9. The van der Waals surface area contributed by atoms with Gasteiger partial charge >= 0.3 is 0 Å². The summed E-state index contributed by atoms with van der Waals surface area (Å²) < 4.78 is 52.8. The number of hydrogen-bond donors (Lipinski definition) is 0. The molecule has 2 aliphatic heterocycles. The highest BCUT2D eigenvalue weighted by Gasteiger charge is 2.36. The number of methoxy groups -OCH3 is 1. The summed E-state index contributed by atoms with van der Waals surface area (Å²) in [5.74, 6) is 2.20. The van der Waals surface area contributed by atoms with Crippen molar-refractivity contribution in [1.29, 1.82) is 0 Å². The van der Waals surface area contributed by atoms with E-state index in [1.807, 2.05) is 49.4 Å². The van der Waals surface area contributed by atoms with E-state index in [9.17, 15) is 12.8 Å². The summed E-state index contributed by atoms with van der Waals surface area (Å²) in [6, 6.07) is 17.7. The molecular formula is C25H24FN3O4S. The van der Waals surface area contributed by atoms with Gasteiger partial charge in [-0.15, -0.1) is 0 Å². The SMILES string of the molecule is COc1ccc2c(c1)C(N1CCN(S(=O)(=O)c3ccc(F)cc3)[C@H](C)C1)=Nc1ccccc1O2. The molecule has 0 spiro atoms. The predicted octanol–water partition coefficient (Wildman–Crippen LogP) is 4.41. The molecule has 34 heavy (non-hydrogen) atoms. The number of rotatable bonds is 3. The monoisotopic (exact) mass is 481 g/mol. The molecule has 2 aliphatic rings. The minimum atomic E-state index is -3.75. The second-order valence-corrected chi connectivity index (χ2v) is 10.1. The fourth-order valence-electron chi connectivity index (χ4n) is 4.30. The quantitative estimate of drug-likeness (QED) is 0.554. The van der Waals surface area contributed by atoms with Crippen molar-refractivity contribution in [2.24, 2.45) is 4.99 Å². The number of halogens is 1. The van der Waals surface area contributed by atoms with Gasteiger partial charge in [0.2, 0.25) is 10.0 Å². The van der Waals surface area contributed by atoms with E-state index in [-0.39, 0.29) is 17.5 Å². The number of aliphatic imine (C=N–C) groups is 1. The van der Waals surface area contributed by atoms with Crippen LogP contribution < -0.4 is 9.47 Å². The number of hydrogen-bond acceptors (Lipinski definition) is 6. The molecule has 1 atom stereocenters. The first-order valence-corrected chi connectivity index (χ1v) is 12.4. The molecule has 0 saturated carbocycles. The van der Waals surface area contributed by atoms with Gasteiger partial charge in [0.05, 0.1) is 17.6 Å². The molecule has 176 valence electrons. The first-order chi connectivity index (χ1) is 16.4. The lowest BCUT2D eigenvalue weighted by atomic mass is 10.1. The molecule has 0 unspecified atom stereocenters. The third kappa shape index (κ3) is 4.01. The molecule has 0 bridgehead atoms. The second-order valence-electron chi connectivity index (χ2n) is 8.23. The van der Waals surface area contributed by atoms with E-state index in [0.717, 1.165) is 17.7 Å². The van der Waals surface area contributed by atoms with Crippen LogP contribution in [0.5, 0.6) is 17.2 Å². The summed E-state index contributed by atoms with van der Waals surface area (Å²) in [5, 5.41) is 0. The van der Waals surface area contributed by atoms with Crippen LogP contribution in [0.3, 0.4) is 0 Å². The van der Waals surface area contributed by atoms with Crippen LogP contribution >= 0.6 is 0 Å². The summed E-state index contributed by atoms with van der Waals surface area (Å²) in [6.45, 7) is 2.99. The van der Waals surface area contributed by atoms with Crippen LogP contribution in [0.4, 0.5) is 10.1 Å². The highest BCUT2D eigenvalue weighted by molar-refractivity contribution is 7.89. The van der Waals surface area contributed by atoms with E-state index in [4.69, 9.17) is 14.5 Å². The van der Waals surface area contributed by atoms with Crippen molar-refractivity contribution in [2.45, 2.75) is 17.9 Å². The summed E-state index contributed by atoms with van der Waals surface area (Å²) in [5.41, 5.74) is 1.47. The second kappa shape index (κ2) is 8.73. The number of para-hydroxylation sites is 2. The number of ether oxygens (including phenoxy) is 2. The summed E-state index contributed by atoms with van der Waals surface area (Å²) in [6.07, 6.45) is 0. The van der Waals surface area contributed by atoms with E-state index in [0.29, 0.717) is 41.9 Å². The predicted molar refractivity (Wildman–Crippen MR) is 127 cm³/mol. The minimum absolute atomic E-state index is 0.0819. The average molecular weight is 482 g/mol. The van der Waals surface area contributed by atoms with Gasteiger partial charge in [-0.05, 0) is 61.5 Å². The Morgan fingerprint density at radius 3 is 2.53 bits per heavy atom.